The van der Waals surface area contributed by atoms with Crippen molar-refractivity contribution in [3.8, 4) is 0 Å². The Hall–Kier alpha value is -5.86. The van der Waals surface area contributed by atoms with Gasteiger partial charge in [-0.2, -0.15) is 0 Å². The van der Waals surface area contributed by atoms with Crippen LogP contribution in [0.2, 0.25) is 0 Å². The van der Waals surface area contributed by atoms with Gasteiger partial charge >= 0.3 is 0 Å². The number of anilines is 5. The highest BCUT2D eigenvalue weighted by Crippen LogP contribution is 2.37. The molecule has 6 aromatic rings. The van der Waals surface area contributed by atoms with Crippen LogP contribution < -0.4 is 9.80 Å². The summed E-state index contributed by atoms with van der Waals surface area (Å²) in [6.45, 7) is 10.2. The SMILES string of the molecule is C=C/C=C(\C=C)N(c1ccc(/C=C/c2ccc(N(c3ccccc3)c3ccccc3C)cc2)cc1)c1ccc2ccccc2c1. The lowest BCUT2D eigenvalue weighted by molar-refractivity contribution is 1.21. The van der Waals surface area contributed by atoms with Crippen LogP contribution in [0.4, 0.5) is 28.4 Å². The van der Waals surface area contributed by atoms with E-state index >= 15 is 0 Å². The lowest BCUT2D eigenvalue weighted by Gasteiger charge is -2.27. The third-order valence-corrected chi connectivity index (χ3v) is 7.89. The molecule has 2 nitrogen and oxygen atoms in total. The molecule has 6 rings (SSSR count). The van der Waals surface area contributed by atoms with Crippen molar-refractivity contribution < 1.29 is 0 Å². The second-order valence-corrected chi connectivity index (χ2v) is 10.9. The maximum absolute atomic E-state index is 4.08. The standard InChI is InChI=1S/C43H36N2/c1-4-13-38(5-2)44(42-31-26-36-15-10-11-16-37(36)32-42)40-27-22-34(23-28-40)20-21-35-24-29-41(30-25-35)45(39-17-7-6-8-18-39)43-19-12-9-14-33(43)3/h4-32H,1-2H2,3H3/b21-20+,38-13+. The molecular weight excluding hydrogens is 544 g/mol. The van der Waals surface area contributed by atoms with Crippen LogP contribution in [-0.2, 0) is 0 Å². The van der Waals surface area contributed by atoms with E-state index in [2.05, 4.69) is 188 Å². The molecule has 0 fully saturated rings. The van der Waals surface area contributed by atoms with E-state index in [9.17, 15) is 0 Å². The van der Waals surface area contributed by atoms with E-state index in [4.69, 9.17) is 0 Å². The molecule has 0 atom stereocenters. The average Bonchev–Trinajstić information content (AvgIpc) is 3.09. The summed E-state index contributed by atoms with van der Waals surface area (Å²) in [5.41, 5.74) is 10.0. The molecule has 0 amide bonds. The van der Waals surface area contributed by atoms with Gasteiger partial charge in [0.05, 0.1) is 0 Å². The minimum absolute atomic E-state index is 0.957. The number of allylic oxidation sites excluding steroid dienone is 3. The zero-order chi connectivity index (χ0) is 31.0. The van der Waals surface area contributed by atoms with Crippen molar-refractivity contribution >= 4 is 51.4 Å². The van der Waals surface area contributed by atoms with E-state index < -0.39 is 0 Å². The van der Waals surface area contributed by atoms with E-state index in [1.807, 2.05) is 12.2 Å². The van der Waals surface area contributed by atoms with Gasteiger partial charge < -0.3 is 9.80 Å². The topological polar surface area (TPSA) is 6.48 Å². The predicted octanol–water partition coefficient (Wildman–Crippen LogP) is 12.2. The number of benzene rings is 6. The molecule has 0 radical (unpaired) electrons. The molecule has 45 heavy (non-hydrogen) atoms. The van der Waals surface area contributed by atoms with Crippen molar-refractivity contribution in [3.05, 3.63) is 199 Å². The van der Waals surface area contributed by atoms with Gasteiger partial charge in [-0.15, -0.1) is 0 Å². The van der Waals surface area contributed by atoms with Crippen molar-refractivity contribution in [2.45, 2.75) is 6.92 Å². The minimum atomic E-state index is 0.957. The lowest BCUT2D eigenvalue weighted by atomic mass is 10.1. The van der Waals surface area contributed by atoms with Crippen molar-refractivity contribution in [2.24, 2.45) is 0 Å². The third-order valence-electron chi connectivity index (χ3n) is 7.89. The second kappa shape index (κ2) is 13.6. The number of nitrogens with zero attached hydrogens (tertiary/aromatic N) is 2. The van der Waals surface area contributed by atoms with Gasteiger partial charge in [-0.1, -0.05) is 122 Å². The molecule has 0 aliphatic carbocycles. The molecule has 0 saturated heterocycles. The first-order chi connectivity index (χ1) is 22.1. The number of para-hydroxylation sites is 2. The van der Waals surface area contributed by atoms with Crippen LogP contribution >= 0.6 is 0 Å². The van der Waals surface area contributed by atoms with Gasteiger partial charge in [-0.05, 0) is 101 Å². The van der Waals surface area contributed by atoms with Crippen LogP contribution in [0.1, 0.15) is 16.7 Å². The highest BCUT2D eigenvalue weighted by atomic mass is 15.1. The highest BCUT2D eigenvalue weighted by molar-refractivity contribution is 5.88. The predicted molar refractivity (Wildman–Crippen MR) is 196 cm³/mol. The Morgan fingerprint density at radius 3 is 1.73 bits per heavy atom. The van der Waals surface area contributed by atoms with Gasteiger partial charge in [0.2, 0.25) is 0 Å². The molecule has 0 spiro atoms. The molecule has 6 aromatic carbocycles. The largest absolute Gasteiger partial charge is 0.311 e. The monoisotopic (exact) mass is 580 g/mol. The van der Waals surface area contributed by atoms with E-state index in [0.717, 1.165) is 39.6 Å². The molecule has 0 aliphatic rings. The van der Waals surface area contributed by atoms with Gasteiger partial charge in [-0.25, -0.2) is 0 Å². The Morgan fingerprint density at radius 2 is 1.09 bits per heavy atom. The summed E-state index contributed by atoms with van der Waals surface area (Å²) >= 11 is 0. The van der Waals surface area contributed by atoms with Crippen LogP contribution in [0, 0.1) is 6.92 Å². The molecule has 0 aliphatic heterocycles. The molecule has 0 unspecified atom stereocenters. The Bertz CT molecular complexity index is 1980. The van der Waals surface area contributed by atoms with E-state index in [-0.39, 0.29) is 0 Å². The summed E-state index contributed by atoms with van der Waals surface area (Å²) in [5, 5.41) is 2.41. The van der Waals surface area contributed by atoms with Crippen LogP contribution in [0.5, 0.6) is 0 Å². The van der Waals surface area contributed by atoms with E-state index in [1.54, 1.807) is 6.08 Å². The van der Waals surface area contributed by atoms with Crippen molar-refractivity contribution in [1.29, 1.82) is 0 Å². The van der Waals surface area contributed by atoms with Gasteiger partial charge in [0.1, 0.15) is 0 Å². The Morgan fingerprint density at radius 1 is 0.533 bits per heavy atom. The number of aryl methyl sites for hydroxylation is 1. The average molecular weight is 581 g/mol. The van der Waals surface area contributed by atoms with Gasteiger partial charge in [0.25, 0.3) is 0 Å². The summed E-state index contributed by atoms with van der Waals surface area (Å²) in [6, 6.07) is 51.3. The van der Waals surface area contributed by atoms with E-state index in [0.29, 0.717) is 0 Å². The Labute approximate surface area is 266 Å². The molecule has 0 saturated carbocycles. The molecule has 218 valence electrons. The first-order valence-corrected chi connectivity index (χ1v) is 15.2. The molecule has 2 heteroatoms. The van der Waals surface area contributed by atoms with Crippen LogP contribution in [0.3, 0.4) is 0 Å². The van der Waals surface area contributed by atoms with E-state index in [1.165, 1.54) is 22.0 Å². The number of hydrogen-bond acceptors (Lipinski definition) is 2. The fraction of sp³-hybridized carbons (Fsp3) is 0.0233. The fourth-order valence-electron chi connectivity index (χ4n) is 5.60. The summed E-state index contributed by atoms with van der Waals surface area (Å²) < 4.78 is 0. The summed E-state index contributed by atoms with van der Waals surface area (Å²) in [6.07, 6.45) is 9.97. The summed E-state index contributed by atoms with van der Waals surface area (Å²) in [5.74, 6) is 0. The second-order valence-electron chi connectivity index (χ2n) is 10.9. The normalized spacial score (nSPS) is 11.4. The first-order valence-electron chi connectivity index (χ1n) is 15.2. The summed E-state index contributed by atoms with van der Waals surface area (Å²) in [4.78, 5) is 4.52. The lowest BCUT2D eigenvalue weighted by Crippen LogP contribution is -2.14. The van der Waals surface area contributed by atoms with Gasteiger partial charge in [-0.3, -0.25) is 0 Å². The fourth-order valence-corrected chi connectivity index (χ4v) is 5.60. The highest BCUT2D eigenvalue weighted by Gasteiger charge is 2.15. The first kappa shape index (κ1) is 29.2. The van der Waals surface area contributed by atoms with Crippen molar-refractivity contribution in [3.63, 3.8) is 0 Å². The zero-order valence-corrected chi connectivity index (χ0v) is 25.6. The molecular formula is C43H36N2. The minimum Gasteiger partial charge on any atom is -0.311 e. The smallest absolute Gasteiger partial charge is 0.0490 e. The van der Waals surface area contributed by atoms with Crippen molar-refractivity contribution in [1.82, 2.24) is 0 Å². The van der Waals surface area contributed by atoms with Crippen LogP contribution in [0.15, 0.2) is 183 Å². The summed E-state index contributed by atoms with van der Waals surface area (Å²) in [7, 11) is 0. The maximum Gasteiger partial charge on any atom is 0.0490 e. The molecule has 0 heterocycles. The Kier molecular flexibility index (Phi) is 8.85. The quantitative estimate of drug-likeness (QED) is 0.117. The maximum atomic E-state index is 4.08. The number of hydrogen-bond donors (Lipinski definition) is 0. The molecule has 0 aromatic heterocycles. The van der Waals surface area contributed by atoms with Crippen LogP contribution in [-0.4, -0.2) is 0 Å². The molecule has 0 bridgehead atoms. The van der Waals surface area contributed by atoms with Gasteiger partial charge in [0.15, 0.2) is 0 Å². The molecule has 0 N–H and O–H groups in total. The third kappa shape index (κ3) is 6.56. The Balaban J connectivity index is 1.25. The van der Waals surface area contributed by atoms with Gasteiger partial charge in [0, 0.05) is 34.1 Å². The van der Waals surface area contributed by atoms with Crippen molar-refractivity contribution in [2.75, 3.05) is 9.80 Å². The number of fused-ring (bicyclic) bond motifs is 1. The van der Waals surface area contributed by atoms with Crippen LogP contribution in [0.25, 0.3) is 22.9 Å². The zero-order valence-electron chi connectivity index (χ0n) is 25.6. The number of rotatable bonds is 10.